The zero-order chi connectivity index (χ0) is 16.8. The fourth-order valence-electron chi connectivity index (χ4n) is 3.11. The summed E-state index contributed by atoms with van der Waals surface area (Å²) in [6.07, 6.45) is 4.02. The lowest BCUT2D eigenvalue weighted by molar-refractivity contribution is -0.398. The number of H-pyrrole nitrogens is 1. The smallest absolute Gasteiger partial charge is 0.262 e. The van der Waals surface area contributed by atoms with Crippen molar-refractivity contribution in [3.63, 3.8) is 0 Å². The van der Waals surface area contributed by atoms with Crippen LogP contribution in [0.3, 0.4) is 0 Å². The van der Waals surface area contributed by atoms with Gasteiger partial charge < -0.3 is 10.1 Å². The number of aromatic amines is 1. The van der Waals surface area contributed by atoms with E-state index in [0.29, 0.717) is 15.8 Å². The molecule has 1 aromatic carbocycles. The molecule has 2 aromatic heterocycles. The maximum atomic E-state index is 12.5. The van der Waals surface area contributed by atoms with Gasteiger partial charge in [0.1, 0.15) is 10.7 Å². The Balaban J connectivity index is 1.91. The highest BCUT2D eigenvalue weighted by molar-refractivity contribution is 7.18. The van der Waals surface area contributed by atoms with Crippen LogP contribution in [0.25, 0.3) is 21.6 Å². The lowest BCUT2D eigenvalue weighted by atomic mass is 9.97. The summed E-state index contributed by atoms with van der Waals surface area (Å²) >= 11 is 1.51. The number of benzene rings is 1. The number of rotatable bonds is 2. The predicted octanol–water partition coefficient (Wildman–Crippen LogP) is 2.51. The molecular weight excluding hydrogens is 330 g/mol. The lowest BCUT2D eigenvalue weighted by Crippen LogP contribution is -2.11. The Morgan fingerprint density at radius 2 is 2.04 bits per heavy atom. The van der Waals surface area contributed by atoms with Crippen molar-refractivity contribution in [3.05, 3.63) is 49.1 Å². The average molecular weight is 342 g/mol. The van der Waals surface area contributed by atoms with Crippen molar-refractivity contribution in [2.45, 2.75) is 25.7 Å². The van der Waals surface area contributed by atoms with Crippen molar-refractivity contribution >= 4 is 27.2 Å². The van der Waals surface area contributed by atoms with Crippen LogP contribution in [-0.2, 0) is 12.8 Å². The molecule has 0 bridgehead atoms. The SMILES string of the molecule is O=c1[nH]c(-c2ccc([O-])c([N+](=O)[O-])c2)nc2sc3c(c12)CCCC3. The molecular formula is C16H12N3O4S-. The Labute approximate surface area is 139 Å². The van der Waals surface area contributed by atoms with Gasteiger partial charge in [-0.25, -0.2) is 4.98 Å². The molecule has 0 saturated carbocycles. The number of aromatic nitrogens is 2. The second-order valence-corrected chi connectivity index (χ2v) is 6.83. The van der Waals surface area contributed by atoms with Crippen LogP contribution in [0, 0.1) is 10.1 Å². The van der Waals surface area contributed by atoms with Crippen molar-refractivity contribution in [2.75, 3.05) is 0 Å². The summed E-state index contributed by atoms with van der Waals surface area (Å²) in [5.41, 5.74) is 0.679. The minimum atomic E-state index is -0.730. The molecule has 0 spiro atoms. The second kappa shape index (κ2) is 5.41. The van der Waals surface area contributed by atoms with Crippen LogP contribution in [0.15, 0.2) is 23.0 Å². The Morgan fingerprint density at radius 1 is 1.25 bits per heavy atom. The zero-order valence-electron chi connectivity index (χ0n) is 12.5. The number of hydrogen-bond donors (Lipinski definition) is 1. The molecule has 0 unspecified atom stereocenters. The average Bonchev–Trinajstić information content (AvgIpc) is 2.93. The molecule has 2 heterocycles. The number of nitrogens with zero attached hydrogens (tertiary/aromatic N) is 2. The van der Waals surface area contributed by atoms with Crippen LogP contribution in [0.2, 0.25) is 0 Å². The molecule has 0 fully saturated rings. The number of nitrogens with one attached hydrogen (secondary N) is 1. The standard InChI is InChI=1S/C16H13N3O4S/c20-11-6-5-8(7-10(11)19(22)23)14-17-15(21)13-9-3-1-2-4-12(9)24-16(13)18-14/h5-7,20H,1-4H2,(H,17,18,21)/p-1. The summed E-state index contributed by atoms with van der Waals surface area (Å²) in [4.78, 5) is 31.7. The fraction of sp³-hybridized carbons (Fsp3) is 0.250. The number of hydrogen-bond acceptors (Lipinski definition) is 6. The number of nitro benzene ring substituents is 1. The van der Waals surface area contributed by atoms with E-state index < -0.39 is 16.4 Å². The molecule has 1 N–H and O–H groups in total. The first-order chi connectivity index (χ1) is 11.5. The first kappa shape index (κ1) is 14.8. The van der Waals surface area contributed by atoms with E-state index in [1.54, 1.807) is 0 Å². The Kier molecular flexibility index (Phi) is 3.34. The Hall–Kier alpha value is -2.74. The highest BCUT2D eigenvalue weighted by Gasteiger charge is 2.20. The molecule has 3 aromatic rings. The van der Waals surface area contributed by atoms with E-state index in [2.05, 4.69) is 9.97 Å². The van der Waals surface area contributed by atoms with Crippen molar-refractivity contribution in [3.8, 4) is 17.1 Å². The summed E-state index contributed by atoms with van der Waals surface area (Å²) in [6.45, 7) is 0. The fourth-order valence-corrected chi connectivity index (χ4v) is 4.37. The van der Waals surface area contributed by atoms with E-state index in [9.17, 15) is 20.0 Å². The maximum Gasteiger partial charge on any atom is 0.262 e. The molecule has 7 nitrogen and oxygen atoms in total. The van der Waals surface area contributed by atoms with Crippen LogP contribution in [0.4, 0.5) is 5.69 Å². The van der Waals surface area contributed by atoms with Gasteiger partial charge in [0.2, 0.25) is 0 Å². The normalized spacial score (nSPS) is 13.8. The van der Waals surface area contributed by atoms with Crippen molar-refractivity contribution in [1.82, 2.24) is 9.97 Å². The number of aryl methyl sites for hydroxylation is 2. The highest BCUT2D eigenvalue weighted by Crippen LogP contribution is 2.35. The number of nitro groups is 1. The largest absolute Gasteiger partial charge is 0.868 e. The lowest BCUT2D eigenvalue weighted by Gasteiger charge is -2.10. The third-order valence-corrected chi connectivity index (χ3v) is 5.44. The van der Waals surface area contributed by atoms with Crippen LogP contribution >= 0.6 is 11.3 Å². The first-order valence-electron chi connectivity index (χ1n) is 7.55. The summed E-state index contributed by atoms with van der Waals surface area (Å²) in [6, 6.07) is 3.71. The van der Waals surface area contributed by atoms with E-state index in [1.165, 1.54) is 22.3 Å². The third-order valence-electron chi connectivity index (χ3n) is 4.25. The zero-order valence-corrected chi connectivity index (χ0v) is 13.3. The van der Waals surface area contributed by atoms with Gasteiger partial charge in [-0.1, -0.05) is 12.1 Å². The molecule has 24 heavy (non-hydrogen) atoms. The molecule has 0 amide bonds. The monoisotopic (exact) mass is 342 g/mol. The Morgan fingerprint density at radius 3 is 2.83 bits per heavy atom. The maximum absolute atomic E-state index is 12.5. The summed E-state index contributed by atoms with van der Waals surface area (Å²) in [5, 5.41) is 23.1. The van der Waals surface area contributed by atoms with Crippen LogP contribution in [-0.4, -0.2) is 14.9 Å². The van der Waals surface area contributed by atoms with Gasteiger partial charge in [0, 0.05) is 16.5 Å². The minimum Gasteiger partial charge on any atom is -0.868 e. The summed E-state index contributed by atoms with van der Waals surface area (Å²) in [7, 11) is 0. The summed E-state index contributed by atoms with van der Waals surface area (Å²) < 4.78 is 0. The minimum absolute atomic E-state index is 0.233. The highest BCUT2D eigenvalue weighted by atomic mass is 32.1. The van der Waals surface area contributed by atoms with Gasteiger partial charge in [-0.3, -0.25) is 14.9 Å². The molecule has 4 rings (SSSR count). The Bertz CT molecular complexity index is 1040. The molecule has 0 atom stereocenters. The van der Waals surface area contributed by atoms with E-state index in [1.807, 2.05) is 0 Å². The first-order valence-corrected chi connectivity index (χ1v) is 8.36. The second-order valence-electron chi connectivity index (χ2n) is 5.75. The number of fused-ring (bicyclic) bond motifs is 3. The van der Waals surface area contributed by atoms with E-state index >= 15 is 0 Å². The van der Waals surface area contributed by atoms with Crippen molar-refractivity contribution in [1.29, 1.82) is 0 Å². The van der Waals surface area contributed by atoms with Gasteiger partial charge in [0.05, 0.1) is 10.3 Å². The predicted molar refractivity (Wildman–Crippen MR) is 88.4 cm³/mol. The van der Waals surface area contributed by atoms with Gasteiger partial charge >= 0.3 is 0 Å². The van der Waals surface area contributed by atoms with Gasteiger partial charge in [-0.05, 0) is 37.0 Å². The van der Waals surface area contributed by atoms with Crippen molar-refractivity contribution in [2.24, 2.45) is 0 Å². The quantitative estimate of drug-likeness (QED) is 0.568. The van der Waals surface area contributed by atoms with Crippen LogP contribution in [0.5, 0.6) is 5.75 Å². The number of thiophene rings is 1. The molecule has 0 saturated heterocycles. The molecule has 0 radical (unpaired) electrons. The topological polar surface area (TPSA) is 112 Å². The van der Waals surface area contributed by atoms with E-state index in [4.69, 9.17) is 0 Å². The van der Waals surface area contributed by atoms with E-state index in [0.717, 1.165) is 43.4 Å². The summed E-state index contributed by atoms with van der Waals surface area (Å²) in [5.74, 6) is -0.423. The molecule has 8 heteroatoms. The van der Waals surface area contributed by atoms with Gasteiger partial charge in [0.15, 0.2) is 0 Å². The molecule has 1 aliphatic rings. The van der Waals surface area contributed by atoms with E-state index in [-0.39, 0.29) is 11.4 Å². The third kappa shape index (κ3) is 2.26. The van der Waals surface area contributed by atoms with Gasteiger partial charge in [-0.15, -0.1) is 11.3 Å². The van der Waals surface area contributed by atoms with Gasteiger partial charge in [-0.2, -0.15) is 0 Å². The van der Waals surface area contributed by atoms with Crippen LogP contribution < -0.4 is 10.7 Å². The molecule has 1 aliphatic carbocycles. The van der Waals surface area contributed by atoms with Crippen LogP contribution in [0.1, 0.15) is 23.3 Å². The molecule has 122 valence electrons. The van der Waals surface area contributed by atoms with Crippen molar-refractivity contribution < 1.29 is 10.0 Å². The van der Waals surface area contributed by atoms with Gasteiger partial charge in [0.25, 0.3) is 11.2 Å². The molecule has 0 aliphatic heterocycles.